The number of rotatable bonds is 6. The highest BCUT2D eigenvalue weighted by atomic mass is 32.2. The molecule has 1 atom stereocenters. The fraction of sp³-hybridized carbons (Fsp3) is 0.235. The van der Waals surface area contributed by atoms with Crippen LogP contribution >= 0.6 is 11.8 Å². The number of hydrogen-bond acceptors (Lipinski definition) is 6. The minimum Gasteiger partial charge on any atom is -0.469 e. The standard InChI is InChI=1S/C17H17N3O3S/c1-11(13-6-4-3-5-7-13)18-15(21)10-24-17-20-19-16(23-17)14-8-9-22-12(14)2/h3-9,11H,10H2,1-2H3,(H,18,21). The van der Waals surface area contributed by atoms with E-state index in [2.05, 4.69) is 15.5 Å². The second kappa shape index (κ2) is 7.35. The molecule has 0 fully saturated rings. The zero-order valence-electron chi connectivity index (χ0n) is 13.4. The van der Waals surface area contributed by atoms with Crippen LogP contribution in [0.2, 0.25) is 0 Å². The zero-order chi connectivity index (χ0) is 16.9. The highest BCUT2D eigenvalue weighted by molar-refractivity contribution is 7.99. The number of nitrogens with zero attached hydrogens (tertiary/aromatic N) is 2. The molecule has 3 rings (SSSR count). The molecule has 1 N–H and O–H groups in total. The van der Waals surface area contributed by atoms with E-state index in [1.807, 2.05) is 44.2 Å². The summed E-state index contributed by atoms with van der Waals surface area (Å²) in [4.78, 5) is 12.1. The van der Waals surface area contributed by atoms with Crippen LogP contribution < -0.4 is 5.32 Å². The zero-order valence-corrected chi connectivity index (χ0v) is 14.2. The molecule has 0 spiro atoms. The van der Waals surface area contributed by atoms with E-state index in [4.69, 9.17) is 8.83 Å². The lowest BCUT2D eigenvalue weighted by atomic mass is 10.1. The van der Waals surface area contributed by atoms with Crippen LogP contribution in [0.1, 0.15) is 24.3 Å². The molecule has 2 heterocycles. The predicted molar refractivity (Wildman–Crippen MR) is 90.5 cm³/mol. The van der Waals surface area contributed by atoms with Crippen LogP contribution in [0.5, 0.6) is 0 Å². The van der Waals surface area contributed by atoms with Crippen molar-refractivity contribution < 1.29 is 13.6 Å². The Morgan fingerprint density at radius 2 is 2.04 bits per heavy atom. The summed E-state index contributed by atoms with van der Waals surface area (Å²) in [6.45, 7) is 3.77. The van der Waals surface area contributed by atoms with Gasteiger partial charge in [-0.05, 0) is 25.5 Å². The van der Waals surface area contributed by atoms with Crippen molar-refractivity contribution in [3.8, 4) is 11.5 Å². The number of carbonyl (C=O) groups excluding carboxylic acids is 1. The Balaban J connectivity index is 1.53. The van der Waals surface area contributed by atoms with Crippen molar-refractivity contribution in [3.63, 3.8) is 0 Å². The first kappa shape index (κ1) is 16.3. The summed E-state index contributed by atoms with van der Waals surface area (Å²) < 4.78 is 10.8. The van der Waals surface area contributed by atoms with Gasteiger partial charge < -0.3 is 14.2 Å². The van der Waals surface area contributed by atoms with E-state index < -0.39 is 0 Å². The van der Waals surface area contributed by atoms with Crippen molar-refractivity contribution >= 4 is 17.7 Å². The van der Waals surface area contributed by atoms with E-state index >= 15 is 0 Å². The molecule has 7 heteroatoms. The van der Waals surface area contributed by atoms with Gasteiger partial charge in [0.25, 0.3) is 11.1 Å². The van der Waals surface area contributed by atoms with Gasteiger partial charge in [-0.15, -0.1) is 10.2 Å². The molecule has 1 aromatic carbocycles. The molecule has 124 valence electrons. The molecule has 0 aliphatic rings. The first-order valence-electron chi connectivity index (χ1n) is 7.48. The number of nitrogens with one attached hydrogen (secondary N) is 1. The number of aryl methyl sites for hydroxylation is 1. The normalized spacial score (nSPS) is 12.1. The smallest absolute Gasteiger partial charge is 0.277 e. The average molecular weight is 343 g/mol. The Morgan fingerprint density at radius 3 is 2.75 bits per heavy atom. The van der Waals surface area contributed by atoms with Gasteiger partial charge in [0.2, 0.25) is 5.91 Å². The molecule has 0 bridgehead atoms. The highest BCUT2D eigenvalue weighted by Crippen LogP contribution is 2.26. The number of furan rings is 1. The Kier molecular flexibility index (Phi) is 5.00. The molecular formula is C17H17N3O3S. The fourth-order valence-electron chi connectivity index (χ4n) is 2.22. The number of hydrogen-bond donors (Lipinski definition) is 1. The van der Waals surface area contributed by atoms with E-state index in [-0.39, 0.29) is 17.7 Å². The summed E-state index contributed by atoms with van der Waals surface area (Å²) in [5.41, 5.74) is 1.82. The average Bonchev–Trinajstić information content (AvgIpc) is 3.22. The van der Waals surface area contributed by atoms with Crippen molar-refractivity contribution in [2.75, 3.05) is 5.75 Å². The number of aromatic nitrogens is 2. The van der Waals surface area contributed by atoms with Crippen LogP contribution in [-0.4, -0.2) is 21.9 Å². The van der Waals surface area contributed by atoms with Crippen LogP contribution in [0.3, 0.4) is 0 Å². The second-order valence-electron chi connectivity index (χ2n) is 5.25. The quantitative estimate of drug-likeness (QED) is 0.689. The van der Waals surface area contributed by atoms with Gasteiger partial charge in [0, 0.05) is 0 Å². The van der Waals surface area contributed by atoms with Crippen LogP contribution in [0, 0.1) is 6.92 Å². The molecule has 0 saturated carbocycles. The van der Waals surface area contributed by atoms with Gasteiger partial charge in [-0.1, -0.05) is 42.1 Å². The van der Waals surface area contributed by atoms with Crippen molar-refractivity contribution in [1.29, 1.82) is 0 Å². The molecule has 24 heavy (non-hydrogen) atoms. The molecule has 3 aromatic rings. The molecule has 0 aliphatic carbocycles. The minimum atomic E-state index is -0.0874. The SMILES string of the molecule is Cc1occc1-c1nnc(SCC(=O)NC(C)c2ccccc2)o1. The van der Waals surface area contributed by atoms with E-state index in [1.54, 1.807) is 12.3 Å². The maximum Gasteiger partial charge on any atom is 0.277 e. The lowest BCUT2D eigenvalue weighted by molar-refractivity contribution is -0.119. The highest BCUT2D eigenvalue weighted by Gasteiger charge is 2.15. The fourth-order valence-corrected chi connectivity index (χ4v) is 2.79. The minimum absolute atomic E-state index is 0.0499. The Hall–Kier alpha value is -2.54. The first-order chi connectivity index (χ1) is 11.6. The Bertz CT molecular complexity index is 813. The van der Waals surface area contributed by atoms with E-state index in [9.17, 15) is 4.79 Å². The van der Waals surface area contributed by atoms with Gasteiger partial charge in [-0.3, -0.25) is 4.79 Å². The Morgan fingerprint density at radius 1 is 1.25 bits per heavy atom. The van der Waals surface area contributed by atoms with Crippen molar-refractivity contribution in [3.05, 3.63) is 54.0 Å². The molecule has 1 unspecified atom stereocenters. The summed E-state index contributed by atoms with van der Waals surface area (Å²) in [6, 6.07) is 11.5. The predicted octanol–water partition coefficient (Wildman–Crippen LogP) is 3.61. The van der Waals surface area contributed by atoms with Crippen molar-refractivity contribution in [1.82, 2.24) is 15.5 Å². The largest absolute Gasteiger partial charge is 0.469 e. The van der Waals surface area contributed by atoms with Gasteiger partial charge in [0.1, 0.15) is 5.76 Å². The van der Waals surface area contributed by atoms with E-state index in [0.717, 1.165) is 11.1 Å². The van der Waals surface area contributed by atoms with E-state index in [1.165, 1.54) is 11.8 Å². The van der Waals surface area contributed by atoms with Gasteiger partial charge in [-0.2, -0.15) is 0 Å². The molecule has 2 aromatic heterocycles. The number of amides is 1. The summed E-state index contributed by atoms with van der Waals surface area (Å²) in [6.07, 6.45) is 1.57. The van der Waals surface area contributed by atoms with Crippen LogP contribution in [-0.2, 0) is 4.79 Å². The number of benzene rings is 1. The van der Waals surface area contributed by atoms with Crippen molar-refractivity contribution in [2.45, 2.75) is 25.1 Å². The summed E-state index contributed by atoms with van der Waals surface area (Å²) in [5, 5.41) is 11.2. The maximum atomic E-state index is 12.1. The lowest BCUT2D eigenvalue weighted by Gasteiger charge is -2.13. The van der Waals surface area contributed by atoms with Gasteiger partial charge in [0.15, 0.2) is 0 Å². The van der Waals surface area contributed by atoms with Gasteiger partial charge >= 0.3 is 0 Å². The second-order valence-corrected chi connectivity index (χ2v) is 6.18. The van der Waals surface area contributed by atoms with Gasteiger partial charge in [-0.25, -0.2) is 0 Å². The number of carbonyl (C=O) groups is 1. The molecule has 6 nitrogen and oxygen atoms in total. The third-order valence-electron chi connectivity index (χ3n) is 3.50. The topological polar surface area (TPSA) is 81.2 Å². The lowest BCUT2D eigenvalue weighted by Crippen LogP contribution is -2.28. The summed E-state index contributed by atoms with van der Waals surface area (Å²) in [7, 11) is 0. The molecular weight excluding hydrogens is 326 g/mol. The monoisotopic (exact) mass is 343 g/mol. The molecule has 0 saturated heterocycles. The summed E-state index contributed by atoms with van der Waals surface area (Å²) in [5.74, 6) is 1.23. The number of thioether (sulfide) groups is 1. The summed E-state index contributed by atoms with van der Waals surface area (Å²) >= 11 is 1.21. The first-order valence-corrected chi connectivity index (χ1v) is 8.47. The van der Waals surface area contributed by atoms with Crippen LogP contribution in [0.25, 0.3) is 11.5 Å². The Labute approximate surface area is 143 Å². The van der Waals surface area contributed by atoms with Crippen molar-refractivity contribution in [2.24, 2.45) is 0 Å². The molecule has 0 radical (unpaired) electrons. The van der Waals surface area contributed by atoms with Crippen LogP contribution in [0.15, 0.2) is 56.7 Å². The molecule has 1 amide bonds. The third-order valence-corrected chi connectivity index (χ3v) is 4.32. The van der Waals surface area contributed by atoms with E-state index in [0.29, 0.717) is 16.9 Å². The maximum absolute atomic E-state index is 12.1. The van der Waals surface area contributed by atoms with Crippen LogP contribution in [0.4, 0.5) is 0 Å². The third kappa shape index (κ3) is 3.86. The molecule has 0 aliphatic heterocycles. The van der Waals surface area contributed by atoms with Gasteiger partial charge in [0.05, 0.1) is 23.6 Å².